The predicted octanol–water partition coefficient (Wildman–Crippen LogP) is 5.42. The normalized spacial score (nSPS) is 12.2. The Morgan fingerprint density at radius 3 is 2.61 bits per heavy atom. The van der Waals surface area contributed by atoms with Crippen molar-refractivity contribution in [1.29, 1.82) is 0 Å². The van der Waals surface area contributed by atoms with Crippen molar-refractivity contribution < 1.29 is 26.6 Å². The maximum atomic E-state index is 13.4. The number of nitrogens with zero attached hydrogens (tertiary/aromatic N) is 2. The zero-order valence-corrected chi connectivity index (χ0v) is 18.9. The Morgan fingerprint density at radius 1 is 1.12 bits per heavy atom. The Morgan fingerprint density at radius 2 is 1.94 bits per heavy atom. The molecule has 0 fully saturated rings. The number of ether oxygens (including phenoxy) is 1. The molecule has 1 aromatic carbocycles. The van der Waals surface area contributed by atoms with Crippen LogP contribution in [0.5, 0.6) is 5.75 Å². The summed E-state index contributed by atoms with van der Waals surface area (Å²) < 4.78 is 29.0. The second-order valence-corrected chi connectivity index (χ2v) is 7.84. The topological polar surface area (TPSA) is 92.9 Å². The molecule has 0 radical (unpaired) electrons. The molecule has 7 heteroatoms. The number of unbranched alkanes of at least 4 members (excludes halogenated alkanes) is 2. The van der Waals surface area contributed by atoms with E-state index in [9.17, 15) is 9.59 Å². The van der Waals surface area contributed by atoms with Gasteiger partial charge in [0.05, 0.1) is 15.6 Å². The summed E-state index contributed by atoms with van der Waals surface area (Å²) in [5.41, 5.74) is 1.07. The predicted molar refractivity (Wildman–Crippen MR) is 125 cm³/mol. The minimum Gasteiger partial charge on any atom is -0.493 e. The van der Waals surface area contributed by atoms with Crippen LogP contribution in [0.15, 0.2) is 65.4 Å². The van der Waals surface area contributed by atoms with Crippen LogP contribution in [0.4, 0.5) is 0 Å². The molecular weight excluding hydrogens is 420 g/mol. The fourth-order valence-corrected chi connectivity index (χ4v) is 3.20. The number of carboxylic acids is 1. The van der Waals surface area contributed by atoms with E-state index < -0.39 is 24.4 Å². The maximum absolute atomic E-state index is 13.4. The summed E-state index contributed by atoms with van der Waals surface area (Å²) in [6, 6.07) is 13.1. The molecule has 3 aromatic rings. The van der Waals surface area contributed by atoms with Gasteiger partial charge in [-0.05, 0) is 63.4 Å². The lowest BCUT2D eigenvalue weighted by molar-refractivity contribution is -0.137. The summed E-state index contributed by atoms with van der Waals surface area (Å²) in [4.78, 5) is 29.5. The van der Waals surface area contributed by atoms with E-state index in [2.05, 4.69) is 4.98 Å². The lowest BCUT2D eigenvalue weighted by atomic mass is 10.1. The number of rotatable bonds is 12. The molecule has 2 heterocycles. The molecule has 174 valence electrons. The smallest absolute Gasteiger partial charge is 0.303 e. The van der Waals surface area contributed by atoms with Gasteiger partial charge in [-0.2, -0.15) is 0 Å². The summed E-state index contributed by atoms with van der Waals surface area (Å²) in [6.07, 6.45) is 5.09. The zero-order valence-electron chi connectivity index (χ0n) is 20.9. The highest BCUT2D eigenvalue weighted by Gasteiger charge is 2.22. The first-order valence-electron chi connectivity index (χ1n) is 12.0. The monoisotopic (exact) mass is 452 g/mol. The fourth-order valence-electron chi connectivity index (χ4n) is 3.20. The Kier molecular flexibility index (Phi) is 7.63. The van der Waals surface area contributed by atoms with Crippen molar-refractivity contribution in [2.45, 2.75) is 52.1 Å². The maximum Gasteiger partial charge on any atom is 0.303 e. The molecule has 0 atom stereocenters. The highest BCUT2D eigenvalue weighted by atomic mass is 16.5. The van der Waals surface area contributed by atoms with Crippen LogP contribution < -0.4 is 4.74 Å². The van der Waals surface area contributed by atoms with Crippen molar-refractivity contribution in [3.63, 3.8) is 0 Å². The third-order valence-corrected chi connectivity index (χ3v) is 4.94. The molecule has 7 nitrogen and oxygen atoms in total. The molecule has 0 saturated carbocycles. The number of aliphatic carboxylic acids is 1. The van der Waals surface area contributed by atoms with Crippen LogP contribution in [0.25, 0.3) is 11.3 Å². The van der Waals surface area contributed by atoms with Crippen LogP contribution in [-0.4, -0.2) is 39.5 Å². The molecule has 1 amide bonds. The molecule has 33 heavy (non-hydrogen) atoms. The summed E-state index contributed by atoms with van der Waals surface area (Å²) in [7, 11) is 0. The minimum absolute atomic E-state index is 0.112. The average molecular weight is 453 g/mol. The minimum atomic E-state index is -2.17. The van der Waals surface area contributed by atoms with Crippen LogP contribution in [0.1, 0.15) is 58.3 Å². The lowest BCUT2D eigenvalue weighted by Gasteiger charge is -2.27. The Labute approximate surface area is 196 Å². The van der Waals surface area contributed by atoms with E-state index in [0.717, 1.165) is 4.90 Å². The van der Waals surface area contributed by atoms with Crippen molar-refractivity contribution >= 4 is 11.9 Å². The number of hydrogen-bond acceptors (Lipinski definition) is 5. The van der Waals surface area contributed by atoms with Crippen LogP contribution in [-0.2, 0) is 11.3 Å². The van der Waals surface area contributed by atoms with Crippen LogP contribution in [0.2, 0.25) is 0 Å². The van der Waals surface area contributed by atoms with Crippen LogP contribution >= 0.6 is 0 Å². The number of carbonyl (C=O) groups excluding carboxylic acids is 1. The average Bonchev–Trinajstić information content (AvgIpc) is 3.36. The van der Waals surface area contributed by atoms with E-state index in [0.29, 0.717) is 42.9 Å². The van der Waals surface area contributed by atoms with Crippen LogP contribution in [0, 0.1) is 0 Å². The molecule has 3 rings (SSSR count). The Hall–Kier alpha value is -3.61. The molecule has 0 aliphatic carbocycles. The molecule has 2 aromatic heterocycles. The number of hydrogen-bond donors (Lipinski definition) is 1. The third kappa shape index (κ3) is 6.94. The number of amides is 1. The molecule has 0 unspecified atom stereocenters. The van der Waals surface area contributed by atoms with Gasteiger partial charge in [-0.15, -0.1) is 0 Å². The number of pyridine rings is 1. The molecule has 0 aliphatic rings. The molecule has 0 spiro atoms. The highest BCUT2D eigenvalue weighted by Crippen LogP contribution is 2.23. The van der Waals surface area contributed by atoms with E-state index in [1.54, 1.807) is 68.6 Å². The SMILES string of the molecule is [2H]C([2H])(c1ccccc1OCCCCCC(=O)O)N(C(=O)c1ccc(-c2ccco2)cn1)C(C)C. The van der Waals surface area contributed by atoms with E-state index in [1.165, 1.54) is 6.20 Å². The van der Waals surface area contributed by atoms with Gasteiger partial charge in [0.1, 0.15) is 17.2 Å². The van der Waals surface area contributed by atoms with Gasteiger partial charge in [0.15, 0.2) is 0 Å². The highest BCUT2D eigenvalue weighted by molar-refractivity contribution is 5.92. The van der Waals surface area contributed by atoms with Crippen molar-refractivity contribution in [2.24, 2.45) is 0 Å². The first-order valence-corrected chi connectivity index (χ1v) is 11.0. The quantitative estimate of drug-likeness (QED) is 0.369. The number of carboxylic acid groups (broad SMARTS) is 1. The van der Waals surface area contributed by atoms with Gasteiger partial charge in [-0.3, -0.25) is 14.6 Å². The second kappa shape index (κ2) is 11.9. The summed E-state index contributed by atoms with van der Waals surface area (Å²) in [5.74, 6) is -0.399. The van der Waals surface area contributed by atoms with Crippen molar-refractivity contribution in [2.75, 3.05) is 6.61 Å². The van der Waals surface area contributed by atoms with Gasteiger partial charge < -0.3 is 19.2 Å². The van der Waals surface area contributed by atoms with Gasteiger partial charge in [0.25, 0.3) is 5.91 Å². The number of benzene rings is 1. The number of furan rings is 1. The van der Waals surface area contributed by atoms with E-state index in [1.807, 2.05) is 0 Å². The molecule has 0 saturated heterocycles. The van der Waals surface area contributed by atoms with Gasteiger partial charge in [0.2, 0.25) is 0 Å². The first kappa shape index (κ1) is 21.2. The Balaban J connectivity index is 1.78. The Bertz CT molecular complexity index is 1120. The van der Waals surface area contributed by atoms with Gasteiger partial charge in [-0.1, -0.05) is 18.2 Å². The van der Waals surface area contributed by atoms with E-state index in [-0.39, 0.29) is 17.7 Å². The standard InChI is InChI=1S/C26H30N2O5/c1-19(2)28(26(31)22-14-13-20(17-27-22)23-11-8-16-33-23)18-21-9-5-6-10-24(21)32-15-7-3-4-12-25(29)30/h5-6,8-11,13-14,16-17,19H,3-4,7,12,15,18H2,1-2H3,(H,29,30)/i18D2. The first-order chi connectivity index (χ1) is 16.7. The summed E-state index contributed by atoms with van der Waals surface area (Å²) in [6.45, 7) is 1.64. The van der Waals surface area contributed by atoms with Crippen LogP contribution in [0.3, 0.4) is 0 Å². The lowest BCUT2D eigenvalue weighted by Crippen LogP contribution is -2.37. The zero-order chi connectivity index (χ0) is 25.4. The van der Waals surface area contributed by atoms with Gasteiger partial charge in [-0.25, -0.2) is 0 Å². The molecule has 0 aliphatic heterocycles. The largest absolute Gasteiger partial charge is 0.493 e. The molecule has 0 bridgehead atoms. The number of carbonyl (C=O) groups is 2. The van der Waals surface area contributed by atoms with E-state index >= 15 is 0 Å². The van der Waals surface area contributed by atoms with Crippen molar-refractivity contribution in [3.05, 3.63) is 72.2 Å². The third-order valence-electron chi connectivity index (χ3n) is 4.94. The van der Waals surface area contributed by atoms with Crippen molar-refractivity contribution in [1.82, 2.24) is 9.88 Å². The molecular formula is C26H30N2O5. The number of aromatic nitrogens is 1. The van der Waals surface area contributed by atoms with E-state index in [4.69, 9.17) is 17.0 Å². The second-order valence-electron chi connectivity index (χ2n) is 7.84. The van der Waals surface area contributed by atoms with Gasteiger partial charge >= 0.3 is 5.97 Å². The summed E-state index contributed by atoms with van der Waals surface area (Å²) >= 11 is 0. The van der Waals surface area contributed by atoms with Crippen molar-refractivity contribution in [3.8, 4) is 17.1 Å². The molecule has 1 N–H and O–H groups in total. The number of para-hydroxylation sites is 1. The van der Waals surface area contributed by atoms with Gasteiger partial charge in [0, 0.05) is 36.3 Å². The summed E-state index contributed by atoms with van der Waals surface area (Å²) in [5, 5.41) is 8.74. The fraction of sp³-hybridized carbons (Fsp3) is 0.346.